The van der Waals surface area contributed by atoms with Crippen molar-refractivity contribution >= 4 is 28.9 Å². The van der Waals surface area contributed by atoms with Crippen molar-refractivity contribution in [3.63, 3.8) is 0 Å². The van der Waals surface area contributed by atoms with Crippen LogP contribution in [0.3, 0.4) is 0 Å². The molecule has 0 radical (unpaired) electrons. The molecular formula is C17H18N6O2. The number of amides is 1. The average Bonchev–Trinajstić information content (AvgIpc) is 3.23. The molecule has 0 unspecified atom stereocenters. The fraction of sp³-hybridized carbons (Fsp3) is 0.294. The van der Waals surface area contributed by atoms with Crippen molar-refractivity contribution in [2.24, 2.45) is 0 Å². The highest BCUT2D eigenvalue weighted by molar-refractivity contribution is 5.97. The van der Waals surface area contributed by atoms with Gasteiger partial charge in [-0.1, -0.05) is 0 Å². The Morgan fingerprint density at radius 1 is 1.28 bits per heavy atom. The number of nitrogens with zero attached hydrogens (tertiary/aromatic N) is 5. The topological polar surface area (TPSA) is 84.7 Å². The van der Waals surface area contributed by atoms with Crippen LogP contribution in [0.1, 0.15) is 18.5 Å². The van der Waals surface area contributed by atoms with Gasteiger partial charge in [-0.05, 0) is 25.5 Å². The fourth-order valence-electron chi connectivity index (χ4n) is 3.05. The van der Waals surface area contributed by atoms with Gasteiger partial charge in [0.2, 0.25) is 5.91 Å². The molecule has 1 aliphatic heterocycles. The molecule has 4 rings (SSSR count). The molecule has 0 bridgehead atoms. The van der Waals surface area contributed by atoms with Gasteiger partial charge in [0.1, 0.15) is 17.9 Å². The predicted octanol–water partition coefficient (Wildman–Crippen LogP) is 2.31. The van der Waals surface area contributed by atoms with Crippen molar-refractivity contribution in [1.29, 1.82) is 0 Å². The number of rotatable bonds is 4. The molecule has 3 heterocycles. The third-order valence-corrected chi connectivity index (χ3v) is 4.20. The molecule has 1 aliphatic rings. The lowest BCUT2D eigenvalue weighted by Crippen LogP contribution is -2.24. The molecule has 8 heteroatoms. The van der Waals surface area contributed by atoms with E-state index in [1.54, 1.807) is 16.5 Å². The van der Waals surface area contributed by atoms with E-state index >= 15 is 0 Å². The molecule has 0 saturated carbocycles. The number of ether oxygens (including phenoxy) is 1. The van der Waals surface area contributed by atoms with Crippen molar-refractivity contribution in [3.05, 3.63) is 36.3 Å². The lowest BCUT2D eigenvalue weighted by Gasteiger charge is -2.20. The third kappa shape index (κ3) is 2.75. The van der Waals surface area contributed by atoms with Gasteiger partial charge in [0.25, 0.3) is 5.78 Å². The number of aromatic nitrogens is 4. The van der Waals surface area contributed by atoms with Gasteiger partial charge in [-0.2, -0.15) is 14.6 Å². The molecule has 3 aromatic rings. The van der Waals surface area contributed by atoms with E-state index in [-0.39, 0.29) is 5.91 Å². The van der Waals surface area contributed by atoms with Crippen LogP contribution < -0.4 is 15.0 Å². The quantitative estimate of drug-likeness (QED) is 0.786. The molecule has 1 fully saturated rings. The van der Waals surface area contributed by atoms with Gasteiger partial charge in [0.15, 0.2) is 0 Å². The zero-order chi connectivity index (χ0) is 17.4. The Bertz CT molecular complexity index is 951. The minimum Gasteiger partial charge on any atom is -0.494 e. The first-order valence-corrected chi connectivity index (χ1v) is 8.08. The van der Waals surface area contributed by atoms with E-state index in [1.165, 1.54) is 6.33 Å². The molecule has 25 heavy (non-hydrogen) atoms. The summed E-state index contributed by atoms with van der Waals surface area (Å²) in [4.78, 5) is 22.2. The Morgan fingerprint density at radius 2 is 2.16 bits per heavy atom. The second-order valence-electron chi connectivity index (χ2n) is 5.92. The molecule has 1 N–H and O–H groups in total. The third-order valence-electron chi connectivity index (χ3n) is 4.20. The highest BCUT2D eigenvalue weighted by Crippen LogP contribution is 2.34. The minimum atomic E-state index is 0.132. The normalized spacial score (nSPS) is 14.3. The largest absolute Gasteiger partial charge is 0.494 e. The van der Waals surface area contributed by atoms with Crippen LogP contribution in [-0.4, -0.2) is 39.1 Å². The Morgan fingerprint density at radius 3 is 2.92 bits per heavy atom. The number of carbonyl (C=O) groups is 1. The molecule has 0 atom stereocenters. The first-order chi connectivity index (χ1) is 12.2. The first kappa shape index (κ1) is 15.4. The average molecular weight is 338 g/mol. The second kappa shape index (κ2) is 6.04. The van der Waals surface area contributed by atoms with Crippen LogP contribution in [0.15, 0.2) is 30.6 Å². The summed E-state index contributed by atoms with van der Waals surface area (Å²) in [5.41, 5.74) is 2.47. The van der Waals surface area contributed by atoms with E-state index in [4.69, 9.17) is 4.74 Å². The maximum atomic E-state index is 12.0. The lowest BCUT2D eigenvalue weighted by atomic mass is 10.2. The molecule has 0 spiro atoms. The SMILES string of the molecule is COc1cc(Nc2cc(C)nc3ncnn23)ccc1N1CCCC1=O. The summed E-state index contributed by atoms with van der Waals surface area (Å²) in [5, 5.41) is 7.50. The van der Waals surface area contributed by atoms with Crippen LogP contribution in [0, 0.1) is 6.92 Å². The first-order valence-electron chi connectivity index (χ1n) is 8.08. The smallest absolute Gasteiger partial charge is 0.254 e. The zero-order valence-corrected chi connectivity index (χ0v) is 14.1. The van der Waals surface area contributed by atoms with Crippen LogP contribution in [0.25, 0.3) is 5.78 Å². The molecule has 128 valence electrons. The number of methoxy groups -OCH3 is 1. The Kier molecular flexibility index (Phi) is 3.72. The summed E-state index contributed by atoms with van der Waals surface area (Å²) in [7, 11) is 1.61. The molecule has 1 saturated heterocycles. The number of aryl methyl sites for hydroxylation is 1. The van der Waals surface area contributed by atoms with Gasteiger partial charge >= 0.3 is 0 Å². The van der Waals surface area contributed by atoms with Crippen molar-refractivity contribution in [2.45, 2.75) is 19.8 Å². The van der Waals surface area contributed by atoms with E-state index in [1.807, 2.05) is 31.2 Å². The van der Waals surface area contributed by atoms with E-state index in [2.05, 4.69) is 20.4 Å². The van der Waals surface area contributed by atoms with Crippen molar-refractivity contribution < 1.29 is 9.53 Å². The number of nitrogens with one attached hydrogen (secondary N) is 1. The monoisotopic (exact) mass is 338 g/mol. The van der Waals surface area contributed by atoms with Gasteiger partial charge in [0.05, 0.1) is 12.8 Å². The Hall–Kier alpha value is -3.16. The summed E-state index contributed by atoms with van der Waals surface area (Å²) < 4.78 is 7.14. The molecule has 1 aromatic carbocycles. The molecule has 0 aliphatic carbocycles. The number of fused-ring (bicyclic) bond motifs is 1. The maximum Gasteiger partial charge on any atom is 0.254 e. The highest BCUT2D eigenvalue weighted by atomic mass is 16.5. The van der Waals surface area contributed by atoms with E-state index < -0.39 is 0 Å². The second-order valence-corrected chi connectivity index (χ2v) is 5.92. The van der Waals surface area contributed by atoms with Crippen molar-refractivity contribution in [2.75, 3.05) is 23.9 Å². The predicted molar refractivity (Wildman–Crippen MR) is 93.4 cm³/mol. The van der Waals surface area contributed by atoms with Gasteiger partial charge in [-0.25, -0.2) is 4.98 Å². The molecule has 8 nitrogen and oxygen atoms in total. The summed E-state index contributed by atoms with van der Waals surface area (Å²) in [5.74, 6) is 2.08. The summed E-state index contributed by atoms with van der Waals surface area (Å²) in [6.07, 6.45) is 2.93. The van der Waals surface area contributed by atoms with Gasteiger partial charge in [-0.15, -0.1) is 0 Å². The Balaban J connectivity index is 1.69. The van der Waals surface area contributed by atoms with E-state index in [0.29, 0.717) is 17.9 Å². The summed E-state index contributed by atoms with van der Waals surface area (Å²) in [6.45, 7) is 2.63. The van der Waals surface area contributed by atoms with Crippen molar-refractivity contribution in [3.8, 4) is 5.75 Å². The van der Waals surface area contributed by atoms with Gasteiger partial charge in [-0.3, -0.25) is 4.79 Å². The number of anilines is 3. The highest BCUT2D eigenvalue weighted by Gasteiger charge is 2.24. The minimum absolute atomic E-state index is 0.132. The summed E-state index contributed by atoms with van der Waals surface area (Å²) >= 11 is 0. The van der Waals surface area contributed by atoms with Gasteiger partial charge < -0.3 is 15.0 Å². The van der Waals surface area contributed by atoms with E-state index in [9.17, 15) is 4.79 Å². The van der Waals surface area contributed by atoms with Crippen LogP contribution in [0.5, 0.6) is 5.75 Å². The van der Waals surface area contributed by atoms with Crippen molar-refractivity contribution in [1.82, 2.24) is 19.6 Å². The van der Waals surface area contributed by atoms with Crippen LogP contribution >= 0.6 is 0 Å². The van der Waals surface area contributed by atoms with Crippen LogP contribution in [-0.2, 0) is 4.79 Å². The zero-order valence-electron chi connectivity index (χ0n) is 14.1. The van der Waals surface area contributed by atoms with Crippen LogP contribution in [0.4, 0.5) is 17.2 Å². The fourth-order valence-corrected chi connectivity index (χ4v) is 3.05. The molecule has 1 amide bonds. The van der Waals surface area contributed by atoms with Gasteiger partial charge in [0, 0.05) is 36.5 Å². The number of carbonyl (C=O) groups excluding carboxylic acids is 1. The van der Waals surface area contributed by atoms with E-state index in [0.717, 1.165) is 35.9 Å². The number of hydrogen-bond acceptors (Lipinski definition) is 6. The number of hydrogen-bond donors (Lipinski definition) is 1. The maximum absolute atomic E-state index is 12.0. The molecular weight excluding hydrogens is 320 g/mol. The number of benzene rings is 1. The molecule has 2 aromatic heterocycles. The van der Waals surface area contributed by atoms with Crippen LogP contribution in [0.2, 0.25) is 0 Å². The lowest BCUT2D eigenvalue weighted by molar-refractivity contribution is -0.117. The Labute approximate surface area is 144 Å². The standard InChI is InChI=1S/C17H18N6O2/c1-11-8-15(23-17(20-11)18-10-19-23)21-12-5-6-13(14(9-12)25-2)22-7-3-4-16(22)24/h5-6,8-10,21H,3-4,7H2,1-2H3. The summed E-state index contributed by atoms with van der Waals surface area (Å²) in [6, 6.07) is 7.59.